The Labute approximate surface area is 94.3 Å². The number of allylic oxidation sites excluding steroid dienone is 2. The van der Waals surface area contributed by atoms with E-state index in [0.29, 0.717) is 5.69 Å². The van der Waals surface area contributed by atoms with Crippen LogP contribution < -0.4 is 0 Å². The van der Waals surface area contributed by atoms with Crippen molar-refractivity contribution in [2.24, 2.45) is 10.2 Å². The van der Waals surface area contributed by atoms with Crippen molar-refractivity contribution in [2.75, 3.05) is 0 Å². The molecule has 1 aromatic rings. The van der Waals surface area contributed by atoms with Crippen LogP contribution in [0.15, 0.2) is 46.0 Å². The molecule has 0 amide bonds. The summed E-state index contributed by atoms with van der Waals surface area (Å²) in [6.07, 6.45) is 0. The molecule has 16 heavy (non-hydrogen) atoms. The average Bonchev–Trinajstić information content (AvgIpc) is 2.16. The molecule has 0 heterocycles. The standard InChI is InChI=1S/C12H14N2O2/c1-8-5-4-6-11(7-8)13-14-12(9(2)15)10(3)16/h4-7,15H,1-3H3. The molecule has 84 valence electrons. The van der Waals surface area contributed by atoms with Crippen LogP contribution in [0.25, 0.3) is 0 Å². The van der Waals surface area contributed by atoms with Gasteiger partial charge in [0.25, 0.3) is 0 Å². The van der Waals surface area contributed by atoms with E-state index in [9.17, 15) is 9.90 Å². The molecular weight excluding hydrogens is 204 g/mol. The van der Waals surface area contributed by atoms with Crippen molar-refractivity contribution in [1.82, 2.24) is 0 Å². The van der Waals surface area contributed by atoms with Gasteiger partial charge in [0.15, 0.2) is 11.5 Å². The number of nitrogens with zero attached hydrogens (tertiary/aromatic N) is 2. The number of rotatable bonds is 3. The lowest BCUT2D eigenvalue weighted by atomic mass is 10.2. The number of carbonyl (C=O) groups is 1. The maximum absolute atomic E-state index is 11.1. The molecule has 0 unspecified atom stereocenters. The molecule has 0 saturated carbocycles. The second kappa shape index (κ2) is 5.21. The smallest absolute Gasteiger partial charge is 0.183 e. The highest BCUT2D eigenvalue weighted by molar-refractivity contribution is 5.93. The first kappa shape index (κ1) is 12.1. The molecular formula is C12H14N2O2. The molecule has 4 nitrogen and oxygen atoms in total. The minimum atomic E-state index is -0.309. The molecule has 0 aromatic heterocycles. The molecule has 0 bridgehead atoms. The van der Waals surface area contributed by atoms with Crippen molar-refractivity contribution >= 4 is 11.5 Å². The van der Waals surface area contributed by atoms with Gasteiger partial charge >= 0.3 is 0 Å². The largest absolute Gasteiger partial charge is 0.510 e. The number of hydrogen-bond acceptors (Lipinski definition) is 4. The number of ketones is 1. The van der Waals surface area contributed by atoms with E-state index in [1.165, 1.54) is 13.8 Å². The van der Waals surface area contributed by atoms with Crippen LogP contribution in [0, 0.1) is 6.92 Å². The Morgan fingerprint density at radius 1 is 1.31 bits per heavy atom. The van der Waals surface area contributed by atoms with Gasteiger partial charge in [-0.3, -0.25) is 4.79 Å². The van der Waals surface area contributed by atoms with Crippen LogP contribution in [0.3, 0.4) is 0 Å². The van der Waals surface area contributed by atoms with E-state index in [1.54, 1.807) is 6.07 Å². The van der Waals surface area contributed by atoms with Crippen LogP contribution in [-0.4, -0.2) is 10.9 Å². The molecule has 0 saturated heterocycles. The van der Waals surface area contributed by atoms with E-state index in [0.717, 1.165) is 5.56 Å². The number of azo groups is 1. The van der Waals surface area contributed by atoms with Crippen LogP contribution in [-0.2, 0) is 4.79 Å². The highest BCUT2D eigenvalue weighted by atomic mass is 16.3. The summed E-state index contributed by atoms with van der Waals surface area (Å²) >= 11 is 0. The van der Waals surface area contributed by atoms with E-state index >= 15 is 0 Å². The fraction of sp³-hybridized carbons (Fsp3) is 0.250. The Balaban J connectivity index is 2.96. The molecule has 1 N–H and O–H groups in total. The summed E-state index contributed by atoms with van der Waals surface area (Å²) in [5.41, 5.74) is 1.70. The van der Waals surface area contributed by atoms with E-state index in [-0.39, 0.29) is 17.2 Å². The third kappa shape index (κ3) is 3.31. The number of aliphatic hydroxyl groups is 1. The van der Waals surface area contributed by atoms with Gasteiger partial charge in [-0.1, -0.05) is 12.1 Å². The molecule has 0 fully saturated rings. The van der Waals surface area contributed by atoms with Crippen molar-refractivity contribution in [1.29, 1.82) is 0 Å². The van der Waals surface area contributed by atoms with Gasteiger partial charge in [-0.25, -0.2) is 0 Å². The zero-order chi connectivity index (χ0) is 12.1. The highest BCUT2D eigenvalue weighted by Gasteiger charge is 2.06. The minimum absolute atomic E-state index is 0.0125. The lowest BCUT2D eigenvalue weighted by Gasteiger charge is -1.97. The lowest BCUT2D eigenvalue weighted by molar-refractivity contribution is -0.113. The maximum Gasteiger partial charge on any atom is 0.183 e. The van der Waals surface area contributed by atoms with Crippen molar-refractivity contribution in [2.45, 2.75) is 20.8 Å². The van der Waals surface area contributed by atoms with Crippen molar-refractivity contribution < 1.29 is 9.90 Å². The van der Waals surface area contributed by atoms with E-state index < -0.39 is 0 Å². The van der Waals surface area contributed by atoms with Crippen LogP contribution in [0.5, 0.6) is 0 Å². The second-order valence-corrected chi connectivity index (χ2v) is 3.53. The van der Waals surface area contributed by atoms with Gasteiger partial charge in [0.2, 0.25) is 0 Å². The zero-order valence-corrected chi connectivity index (χ0v) is 9.56. The highest BCUT2D eigenvalue weighted by Crippen LogP contribution is 2.16. The summed E-state index contributed by atoms with van der Waals surface area (Å²) in [4.78, 5) is 11.1. The third-order valence-electron chi connectivity index (χ3n) is 1.94. The number of aliphatic hydroxyl groups excluding tert-OH is 1. The molecule has 4 heteroatoms. The SMILES string of the molecule is CC(=O)C(N=Nc1cccc(C)c1)=C(C)O. The van der Waals surface area contributed by atoms with Crippen molar-refractivity contribution in [3.05, 3.63) is 41.3 Å². The molecule has 1 aromatic carbocycles. The Hall–Kier alpha value is -1.97. The Morgan fingerprint density at radius 2 is 2.00 bits per heavy atom. The van der Waals surface area contributed by atoms with Crippen LogP contribution in [0.2, 0.25) is 0 Å². The first-order chi connectivity index (χ1) is 7.50. The van der Waals surface area contributed by atoms with Crippen LogP contribution in [0.4, 0.5) is 5.69 Å². The fourth-order valence-electron chi connectivity index (χ4n) is 1.20. The minimum Gasteiger partial charge on any atom is -0.510 e. The molecule has 0 aliphatic rings. The molecule has 0 atom stereocenters. The van der Waals surface area contributed by atoms with Gasteiger partial charge in [-0.05, 0) is 31.5 Å². The number of benzene rings is 1. The Bertz CT molecular complexity index is 458. The lowest BCUT2D eigenvalue weighted by Crippen LogP contribution is -1.96. The van der Waals surface area contributed by atoms with Gasteiger partial charge in [-0.15, -0.1) is 5.11 Å². The predicted molar refractivity (Wildman–Crippen MR) is 61.7 cm³/mol. The summed E-state index contributed by atoms with van der Waals surface area (Å²) < 4.78 is 0. The second-order valence-electron chi connectivity index (χ2n) is 3.53. The van der Waals surface area contributed by atoms with Crippen molar-refractivity contribution in [3.8, 4) is 0 Å². The Morgan fingerprint density at radius 3 is 2.50 bits per heavy atom. The number of Topliss-reactive ketones (excluding diaryl/α,β-unsaturated/α-hetero) is 1. The van der Waals surface area contributed by atoms with Crippen molar-refractivity contribution in [3.63, 3.8) is 0 Å². The third-order valence-corrected chi connectivity index (χ3v) is 1.94. The van der Waals surface area contributed by atoms with Gasteiger partial charge in [0.05, 0.1) is 5.69 Å². The van der Waals surface area contributed by atoms with E-state index in [1.807, 2.05) is 25.1 Å². The van der Waals surface area contributed by atoms with Crippen LogP contribution >= 0.6 is 0 Å². The summed E-state index contributed by atoms with van der Waals surface area (Å²) in [5, 5.41) is 16.9. The molecule has 0 radical (unpaired) electrons. The first-order valence-electron chi connectivity index (χ1n) is 4.90. The van der Waals surface area contributed by atoms with Gasteiger partial charge in [0, 0.05) is 6.92 Å². The summed E-state index contributed by atoms with van der Waals surface area (Å²) in [5.74, 6) is -0.430. The molecule has 0 aliphatic heterocycles. The Kier molecular flexibility index (Phi) is 3.94. The number of aryl methyl sites for hydroxylation is 1. The summed E-state index contributed by atoms with van der Waals surface area (Å²) in [6.45, 7) is 4.69. The normalized spacial score (nSPS) is 12.7. The quantitative estimate of drug-likeness (QED) is 0.479. The topological polar surface area (TPSA) is 62.0 Å². The van der Waals surface area contributed by atoms with E-state index in [4.69, 9.17) is 0 Å². The number of carbonyl (C=O) groups excluding carboxylic acids is 1. The zero-order valence-electron chi connectivity index (χ0n) is 9.56. The summed E-state index contributed by atoms with van der Waals surface area (Å²) in [7, 11) is 0. The number of hydrogen-bond donors (Lipinski definition) is 1. The maximum atomic E-state index is 11.1. The monoisotopic (exact) mass is 218 g/mol. The van der Waals surface area contributed by atoms with E-state index in [2.05, 4.69) is 10.2 Å². The first-order valence-corrected chi connectivity index (χ1v) is 4.90. The summed E-state index contributed by atoms with van der Waals surface area (Å²) in [6, 6.07) is 7.42. The predicted octanol–water partition coefficient (Wildman–Crippen LogP) is 3.46. The molecule has 0 aliphatic carbocycles. The molecule has 0 spiro atoms. The van der Waals surface area contributed by atoms with Gasteiger partial charge in [-0.2, -0.15) is 5.11 Å². The van der Waals surface area contributed by atoms with Gasteiger partial charge < -0.3 is 5.11 Å². The average molecular weight is 218 g/mol. The fourth-order valence-corrected chi connectivity index (χ4v) is 1.20. The molecule has 1 rings (SSSR count). The van der Waals surface area contributed by atoms with Gasteiger partial charge in [0.1, 0.15) is 5.76 Å². The van der Waals surface area contributed by atoms with Crippen LogP contribution in [0.1, 0.15) is 19.4 Å².